The topological polar surface area (TPSA) is 63.7 Å². The highest BCUT2D eigenvalue weighted by Gasteiger charge is 2.27. The van der Waals surface area contributed by atoms with Crippen LogP contribution in [0.2, 0.25) is 0 Å². The molecule has 0 aromatic carbocycles. The van der Waals surface area contributed by atoms with Crippen LogP contribution < -0.4 is 5.73 Å². The smallest absolute Gasteiger partial charge is 0.191 e. The number of nitrogens with zero attached hydrogens (tertiary/aromatic N) is 3. The first-order valence-electron chi connectivity index (χ1n) is 6.11. The molecule has 0 radical (unpaired) electrons. The first-order chi connectivity index (χ1) is 8.61. The molecule has 1 fully saturated rings. The summed E-state index contributed by atoms with van der Waals surface area (Å²) in [5.74, 6) is 0.604. The zero-order valence-corrected chi connectivity index (χ0v) is 11.9. The van der Waals surface area contributed by atoms with E-state index in [1.807, 2.05) is 24.3 Å². The number of hydrogen-bond acceptors (Lipinski definition) is 4. The lowest BCUT2D eigenvalue weighted by Crippen LogP contribution is -2.35. The van der Waals surface area contributed by atoms with Gasteiger partial charge in [0.05, 0.1) is 12.2 Å². The van der Waals surface area contributed by atoms with E-state index in [1.165, 1.54) is 12.8 Å². The predicted octanol–water partition coefficient (Wildman–Crippen LogP) is 1.76. The lowest BCUT2D eigenvalue weighted by atomic mass is 10.4. The lowest BCUT2D eigenvalue weighted by Gasteiger charge is -2.16. The quantitative estimate of drug-likeness (QED) is 0.653. The molecule has 1 saturated carbocycles. The first kappa shape index (κ1) is 13.3. The summed E-state index contributed by atoms with van der Waals surface area (Å²) in [7, 11) is 3.68. The minimum atomic E-state index is 0.0409. The Hall–Kier alpha value is -1.14. The van der Waals surface area contributed by atoms with Crippen molar-refractivity contribution in [2.75, 3.05) is 14.2 Å². The SMILES string of the molecule is COC(C)c1nc(CN=C(N)N(C)C2CC2)cs1. The number of aromatic nitrogens is 1. The van der Waals surface area contributed by atoms with Crippen molar-refractivity contribution in [2.24, 2.45) is 10.7 Å². The van der Waals surface area contributed by atoms with Gasteiger partial charge in [-0.25, -0.2) is 9.98 Å². The summed E-state index contributed by atoms with van der Waals surface area (Å²) < 4.78 is 5.23. The average Bonchev–Trinajstić information content (AvgIpc) is 3.13. The van der Waals surface area contributed by atoms with E-state index < -0.39 is 0 Å². The Labute approximate surface area is 112 Å². The van der Waals surface area contributed by atoms with Crippen LogP contribution in [-0.4, -0.2) is 36.0 Å². The molecule has 1 aliphatic carbocycles. The maximum absolute atomic E-state index is 5.93. The molecule has 2 rings (SSSR count). The van der Waals surface area contributed by atoms with Crippen LogP contribution in [0.3, 0.4) is 0 Å². The molecule has 1 heterocycles. The van der Waals surface area contributed by atoms with Crippen LogP contribution in [-0.2, 0) is 11.3 Å². The zero-order chi connectivity index (χ0) is 13.1. The van der Waals surface area contributed by atoms with E-state index in [0.29, 0.717) is 18.5 Å². The Morgan fingerprint density at radius 2 is 2.44 bits per heavy atom. The maximum Gasteiger partial charge on any atom is 0.191 e. The van der Waals surface area contributed by atoms with E-state index in [4.69, 9.17) is 10.5 Å². The van der Waals surface area contributed by atoms with Gasteiger partial charge in [0, 0.05) is 25.6 Å². The fraction of sp³-hybridized carbons (Fsp3) is 0.667. The molecule has 0 spiro atoms. The summed E-state index contributed by atoms with van der Waals surface area (Å²) in [6.07, 6.45) is 2.48. The Morgan fingerprint density at radius 3 is 3.06 bits per heavy atom. The second kappa shape index (κ2) is 5.67. The molecule has 2 N–H and O–H groups in total. The largest absolute Gasteiger partial charge is 0.375 e. The van der Waals surface area contributed by atoms with Gasteiger partial charge in [-0.3, -0.25) is 0 Å². The van der Waals surface area contributed by atoms with Crippen molar-refractivity contribution in [1.82, 2.24) is 9.88 Å². The standard InChI is InChI=1S/C12H20N4OS/c1-8(17-3)11-15-9(7-18-11)6-14-12(13)16(2)10-4-5-10/h7-8,10H,4-6H2,1-3H3,(H2,13,14). The third-order valence-electron chi connectivity index (χ3n) is 3.13. The Balaban J connectivity index is 1.92. The molecule has 1 atom stereocenters. The van der Waals surface area contributed by atoms with Crippen molar-refractivity contribution in [3.05, 3.63) is 16.1 Å². The second-order valence-electron chi connectivity index (χ2n) is 4.57. The van der Waals surface area contributed by atoms with E-state index in [2.05, 4.69) is 9.98 Å². The monoisotopic (exact) mass is 268 g/mol. The fourth-order valence-corrected chi connectivity index (χ4v) is 2.45. The van der Waals surface area contributed by atoms with E-state index in [1.54, 1.807) is 18.4 Å². The summed E-state index contributed by atoms with van der Waals surface area (Å²) in [5, 5.41) is 3.00. The molecule has 1 aromatic heterocycles. The molecule has 0 saturated heterocycles. The van der Waals surface area contributed by atoms with Gasteiger partial charge in [-0.05, 0) is 19.8 Å². The van der Waals surface area contributed by atoms with Gasteiger partial charge in [-0.2, -0.15) is 0 Å². The highest BCUT2D eigenvalue weighted by atomic mass is 32.1. The van der Waals surface area contributed by atoms with E-state index in [-0.39, 0.29) is 6.10 Å². The van der Waals surface area contributed by atoms with Crippen molar-refractivity contribution in [1.29, 1.82) is 0 Å². The van der Waals surface area contributed by atoms with Crippen molar-refractivity contribution in [2.45, 2.75) is 38.5 Å². The Bertz CT molecular complexity index is 427. The van der Waals surface area contributed by atoms with Gasteiger partial charge in [0.25, 0.3) is 0 Å². The van der Waals surface area contributed by atoms with Crippen LogP contribution in [0.15, 0.2) is 10.4 Å². The van der Waals surface area contributed by atoms with Crippen molar-refractivity contribution >= 4 is 17.3 Å². The third-order valence-corrected chi connectivity index (χ3v) is 4.18. The van der Waals surface area contributed by atoms with Crippen LogP contribution in [0.4, 0.5) is 0 Å². The molecule has 0 amide bonds. The number of nitrogens with two attached hydrogens (primary N) is 1. The molecule has 100 valence electrons. The summed E-state index contributed by atoms with van der Waals surface area (Å²) in [6.45, 7) is 2.52. The number of rotatable bonds is 5. The molecular weight excluding hydrogens is 248 g/mol. The van der Waals surface area contributed by atoms with E-state index >= 15 is 0 Å². The Morgan fingerprint density at radius 1 is 1.72 bits per heavy atom. The predicted molar refractivity (Wildman–Crippen MR) is 73.6 cm³/mol. The fourth-order valence-electron chi connectivity index (χ4n) is 1.61. The van der Waals surface area contributed by atoms with E-state index in [0.717, 1.165) is 10.7 Å². The van der Waals surface area contributed by atoms with E-state index in [9.17, 15) is 0 Å². The third kappa shape index (κ3) is 3.20. The molecule has 18 heavy (non-hydrogen) atoms. The number of thiazole rings is 1. The van der Waals surface area contributed by atoms with Crippen LogP contribution in [0, 0.1) is 0 Å². The average molecular weight is 268 g/mol. The molecule has 5 nitrogen and oxygen atoms in total. The molecule has 1 aliphatic rings. The van der Waals surface area contributed by atoms with Crippen molar-refractivity contribution < 1.29 is 4.74 Å². The van der Waals surface area contributed by atoms with Crippen LogP contribution in [0.25, 0.3) is 0 Å². The molecule has 6 heteroatoms. The van der Waals surface area contributed by atoms with Crippen LogP contribution in [0.1, 0.15) is 36.6 Å². The normalized spacial score (nSPS) is 17.8. The highest BCUT2D eigenvalue weighted by Crippen LogP contribution is 2.25. The van der Waals surface area contributed by atoms with Gasteiger partial charge in [0.1, 0.15) is 11.1 Å². The van der Waals surface area contributed by atoms with Gasteiger partial charge in [0.2, 0.25) is 0 Å². The zero-order valence-electron chi connectivity index (χ0n) is 11.1. The summed E-state index contributed by atoms with van der Waals surface area (Å²) >= 11 is 1.60. The van der Waals surface area contributed by atoms with Gasteiger partial charge in [-0.1, -0.05) is 0 Å². The number of methoxy groups -OCH3 is 1. The van der Waals surface area contributed by atoms with Crippen LogP contribution in [0.5, 0.6) is 0 Å². The lowest BCUT2D eigenvalue weighted by molar-refractivity contribution is 0.119. The molecule has 0 aliphatic heterocycles. The number of aliphatic imine (C=N–C) groups is 1. The molecule has 0 bridgehead atoms. The highest BCUT2D eigenvalue weighted by molar-refractivity contribution is 7.09. The van der Waals surface area contributed by atoms with Gasteiger partial charge >= 0.3 is 0 Å². The second-order valence-corrected chi connectivity index (χ2v) is 5.46. The van der Waals surface area contributed by atoms with Crippen molar-refractivity contribution in [3.8, 4) is 0 Å². The van der Waals surface area contributed by atoms with Gasteiger partial charge < -0.3 is 15.4 Å². The van der Waals surface area contributed by atoms with Gasteiger partial charge in [-0.15, -0.1) is 11.3 Å². The molecular formula is C12H20N4OS. The number of guanidine groups is 1. The van der Waals surface area contributed by atoms with Crippen molar-refractivity contribution in [3.63, 3.8) is 0 Å². The minimum absolute atomic E-state index is 0.0409. The number of hydrogen-bond donors (Lipinski definition) is 1. The number of ether oxygens (including phenoxy) is 1. The summed E-state index contributed by atoms with van der Waals surface area (Å²) in [5.41, 5.74) is 6.88. The first-order valence-corrected chi connectivity index (χ1v) is 6.99. The molecule has 1 unspecified atom stereocenters. The minimum Gasteiger partial charge on any atom is -0.375 e. The maximum atomic E-state index is 5.93. The molecule has 1 aromatic rings. The summed E-state index contributed by atoms with van der Waals surface area (Å²) in [6, 6.07) is 0.591. The van der Waals surface area contributed by atoms with Gasteiger partial charge in [0.15, 0.2) is 5.96 Å². The van der Waals surface area contributed by atoms with Crippen LogP contribution >= 0.6 is 11.3 Å². The summed E-state index contributed by atoms with van der Waals surface area (Å²) in [4.78, 5) is 10.9. The Kier molecular flexibility index (Phi) is 4.19.